The van der Waals surface area contributed by atoms with Crippen LogP contribution in [0.1, 0.15) is 53.6 Å². The fourth-order valence-electron chi connectivity index (χ4n) is 5.08. The smallest absolute Gasteiger partial charge is 0.416 e. The van der Waals surface area contributed by atoms with Crippen LogP contribution in [0.2, 0.25) is 0 Å². The minimum atomic E-state index is -4.33. The van der Waals surface area contributed by atoms with Crippen LogP contribution >= 0.6 is 0 Å². The molecule has 2 heterocycles. The Balaban J connectivity index is 1.50. The third-order valence-electron chi connectivity index (χ3n) is 6.95. The lowest BCUT2D eigenvalue weighted by atomic mass is 9.93. The minimum Gasteiger partial charge on any atom is -0.492 e. The van der Waals surface area contributed by atoms with Gasteiger partial charge in [-0.2, -0.15) is 13.2 Å². The van der Waals surface area contributed by atoms with Gasteiger partial charge in [-0.15, -0.1) is 0 Å². The molecule has 0 N–H and O–H groups in total. The summed E-state index contributed by atoms with van der Waals surface area (Å²) in [5.41, 5.74) is 0.817. The van der Waals surface area contributed by atoms with Crippen molar-refractivity contribution in [3.63, 3.8) is 0 Å². The molecule has 2 aromatic rings. The number of benzene rings is 2. The molecule has 2 atom stereocenters. The van der Waals surface area contributed by atoms with E-state index in [1.165, 1.54) is 0 Å². The fraction of sp³-hybridized carbons (Fsp3) is 0.519. The third-order valence-corrected chi connectivity index (χ3v) is 6.95. The maximum Gasteiger partial charge on any atom is 0.416 e. The summed E-state index contributed by atoms with van der Waals surface area (Å²) in [6.45, 7) is 3.12. The van der Waals surface area contributed by atoms with Gasteiger partial charge in [0.25, 0.3) is 5.91 Å². The molecule has 0 aromatic heterocycles. The molecular weight excluding hydrogens is 457 g/mol. The van der Waals surface area contributed by atoms with Gasteiger partial charge in [0.15, 0.2) is 0 Å². The van der Waals surface area contributed by atoms with Crippen molar-refractivity contribution >= 4 is 5.91 Å². The predicted octanol–water partition coefficient (Wildman–Crippen LogP) is 5.39. The zero-order valence-electron chi connectivity index (χ0n) is 20.1. The molecule has 1 saturated heterocycles. The van der Waals surface area contributed by atoms with Gasteiger partial charge < -0.3 is 14.4 Å². The number of ether oxygens (including phenoxy) is 2. The van der Waals surface area contributed by atoms with Gasteiger partial charge in [-0.1, -0.05) is 24.6 Å². The first-order valence-corrected chi connectivity index (χ1v) is 12.3. The average Bonchev–Trinajstić information content (AvgIpc) is 2.85. The first kappa shape index (κ1) is 25.5. The predicted molar refractivity (Wildman–Crippen MR) is 127 cm³/mol. The monoisotopic (exact) mass is 490 g/mol. The second-order valence-electron chi connectivity index (χ2n) is 9.33. The van der Waals surface area contributed by atoms with Crippen LogP contribution in [0.3, 0.4) is 0 Å². The van der Waals surface area contributed by atoms with Gasteiger partial charge in [-0.05, 0) is 68.1 Å². The van der Waals surface area contributed by atoms with Crippen molar-refractivity contribution in [2.24, 2.45) is 0 Å². The molecule has 4 rings (SSSR count). The number of rotatable bonds is 3. The summed E-state index contributed by atoms with van der Waals surface area (Å²) in [7, 11) is 1.71. The molecular formula is C27H33F3N2O3. The van der Waals surface area contributed by atoms with E-state index in [0.717, 1.165) is 56.3 Å². The Hall–Kier alpha value is -2.58. The number of methoxy groups -OCH3 is 1. The van der Waals surface area contributed by atoms with E-state index in [2.05, 4.69) is 4.90 Å². The lowest BCUT2D eigenvalue weighted by molar-refractivity contribution is -0.137. The molecule has 35 heavy (non-hydrogen) atoms. The fourth-order valence-corrected chi connectivity index (χ4v) is 5.08. The van der Waals surface area contributed by atoms with Crippen LogP contribution in [-0.2, 0) is 17.5 Å². The average molecular weight is 491 g/mol. The highest BCUT2D eigenvalue weighted by Gasteiger charge is 2.34. The summed E-state index contributed by atoms with van der Waals surface area (Å²) in [4.78, 5) is 17.5. The molecule has 0 unspecified atom stereocenters. The second kappa shape index (κ2) is 11.4. The van der Waals surface area contributed by atoms with Crippen LogP contribution in [0.4, 0.5) is 13.2 Å². The first-order chi connectivity index (χ1) is 16.8. The van der Waals surface area contributed by atoms with Crippen LogP contribution in [0.15, 0.2) is 48.5 Å². The van der Waals surface area contributed by atoms with Gasteiger partial charge in [-0.25, -0.2) is 0 Å². The van der Waals surface area contributed by atoms with E-state index in [-0.39, 0.29) is 18.1 Å². The van der Waals surface area contributed by atoms with E-state index in [4.69, 9.17) is 9.47 Å². The Bertz CT molecular complexity index is 980. The van der Waals surface area contributed by atoms with Crippen LogP contribution in [0.25, 0.3) is 0 Å². The van der Waals surface area contributed by atoms with E-state index >= 15 is 0 Å². The number of amides is 1. The van der Waals surface area contributed by atoms with E-state index in [9.17, 15) is 18.0 Å². The standard InChI is InChI=1S/C27H33F3N2O3/c1-34-25-9-5-15-32-24(25)8-2-3-14-31(19-20-10-12-22(13-11-20)27(28,29)30)16-17-35-23-7-4-6-21(18-23)26(32)33/h4,6-7,10-13,18,24-25H,2-3,5,8-9,14-17,19H2,1H3/t24-,25-/m1/s1. The largest absolute Gasteiger partial charge is 0.492 e. The number of carbonyl (C=O) groups excluding carboxylic acids is 1. The Kier molecular flexibility index (Phi) is 8.34. The normalized spacial score (nSPS) is 22.7. The summed E-state index contributed by atoms with van der Waals surface area (Å²) in [5, 5.41) is 0. The molecule has 190 valence electrons. The van der Waals surface area contributed by atoms with Crippen LogP contribution in [0, 0.1) is 0 Å². The van der Waals surface area contributed by atoms with E-state index in [1.54, 1.807) is 25.3 Å². The van der Waals surface area contributed by atoms with Crippen molar-refractivity contribution < 1.29 is 27.4 Å². The van der Waals surface area contributed by atoms with Crippen molar-refractivity contribution in [3.8, 4) is 5.75 Å². The molecule has 2 bridgehead atoms. The van der Waals surface area contributed by atoms with Gasteiger partial charge in [0.2, 0.25) is 0 Å². The summed E-state index contributed by atoms with van der Waals surface area (Å²) >= 11 is 0. The summed E-state index contributed by atoms with van der Waals surface area (Å²) in [6.07, 6.45) is 0.239. The highest BCUT2D eigenvalue weighted by atomic mass is 19.4. The molecule has 0 radical (unpaired) electrons. The molecule has 2 aromatic carbocycles. The molecule has 5 nitrogen and oxygen atoms in total. The molecule has 2 aliphatic heterocycles. The number of alkyl halides is 3. The van der Waals surface area contributed by atoms with Gasteiger partial charge >= 0.3 is 6.18 Å². The molecule has 0 aliphatic carbocycles. The van der Waals surface area contributed by atoms with Gasteiger partial charge in [0.05, 0.1) is 17.7 Å². The van der Waals surface area contributed by atoms with Crippen molar-refractivity contribution in [1.29, 1.82) is 0 Å². The number of nitrogens with zero attached hydrogens (tertiary/aromatic N) is 2. The molecule has 1 amide bonds. The Morgan fingerprint density at radius 2 is 1.80 bits per heavy atom. The Morgan fingerprint density at radius 1 is 1.00 bits per heavy atom. The number of hydrogen-bond acceptors (Lipinski definition) is 4. The maximum atomic E-state index is 13.4. The molecule has 2 aliphatic rings. The zero-order chi connectivity index (χ0) is 24.8. The van der Waals surface area contributed by atoms with Gasteiger partial charge in [0.1, 0.15) is 12.4 Å². The zero-order valence-corrected chi connectivity index (χ0v) is 20.1. The molecule has 1 fully saturated rings. The maximum absolute atomic E-state index is 13.4. The van der Waals surface area contributed by atoms with Gasteiger partial charge in [-0.3, -0.25) is 9.69 Å². The van der Waals surface area contributed by atoms with Crippen LogP contribution < -0.4 is 4.74 Å². The Labute approximate surface area is 204 Å². The second-order valence-corrected chi connectivity index (χ2v) is 9.33. The van der Waals surface area contributed by atoms with Crippen LogP contribution in [0.5, 0.6) is 5.75 Å². The minimum absolute atomic E-state index is 0.0168. The van der Waals surface area contributed by atoms with Crippen molar-refractivity contribution in [2.75, 3.05) is 33.4 Å². The molecule has 0 saturated carbocycles. The lowest BCUT2D eigenvalue weighted by Crippen LogP contribution is -2.51. The van der Waals surface area contributed by atoms with Crippen molar-refractivity contribution in [3.05, 3.63) is 65.2 Å². The topological polar surface area (TPSA) is 42.0 Å². The van der Waals surface area contributed by atoms with E-state index < -0.39 is 11.7 Å². The number of halogens is 3. The SMILES string of the molecule is CO[C@@H]1CCCN2C(=O)c3cccc(c3)OCCN(Cc3ccc(C(F)(F)F)cc3)CCCC[C@H]12. The summed E-state index contributed by atoms with van der Waals surface area (Å²) in [5.74, 6) is 0.655. The number of hydrogen-bond donors (Lipinski definition) is 0. The highest BCUT2D eigenvalue weighted by molar-refractivity contribution is 5.95. The number of carbonyl (C=O) groups is 1. The van der Waals surface area contributed by atoms with Crippen molar-refractivity contribution in [2.45, 2.75) is 57.0 Å². The lowest BCUT2D eigenvalue weighted by Gasteiger charge is -2.41. The third kappa shape index (κ3) is 6.55. The quantitative estimate of drug-likeness (QED) is 0.579. The Morgan fingerprint density at radius 3 is 2.54 bits per heavy atom. The van der Waals surface area contributed by atoms with Gasteiger partial charge in [0, 0.05) is 32.3 Å². The first-order valence-electron chi connectivity index (χ1n) is 12.3. The van der Waals surface area contributed by atoms with Crippen molar-refractivity contribution in [1.82, 2.24) is 9.80 Å². The molecule has 8 heteroatoms. The van der Waals surface area contributed by atoms with E-state index in [0.29, 0.717) is 37.6 Å². The van der Waals surface area contributed by atoms with Crippen LogP contribution in [-0.4, -0.2) is 61.2 Å². The number of fused-ring (bicyclic) bond motifs is 3. The summed E-state index contributed by atoms with van der Waals surface area (Å²) in [6, 6.07) is 12.7. The van der Waals surface area contributed by atoms with E-state index in [1.807, 2.05) is 23.1 Å². The molecule has 0 spiro atoms. The number of piperidine rings is 1. The summed E-state index contributed by atoms with van der Waals surface area (Å²) < 4.78 is 50.5. The highest BCUT2D eigenvalue weighted by Crippen LogP contribution is 2.30.